The highest BCUT2D eigenvalue weighted by Gasteiger charge is 2.18. The lowest BCUT2D eigenvalue weighted by Gasteiger charge is -2.18. The molecule has 0 saturated carbocycles. The molecule has 6 heteroatoms. The zero-order valence-electron chi connectivity index (χ0n) is 12.7. The molecule has 0 unspecified atom stereocenters. The highest BCUT2D eigenvalue weighted by Crippen LogP contribution is 2.23. The molecule has 0 radical (unpaired) electrons. The van der Waals surface area contributed by atoms with Gasteiger partial charge in [-0.1, -0.05) is 23.7 Å². The summed E-state index contributed by atoms with van der Waals surface area (Å²) in [5.41, 5.74) is 7.25. The van der Waals surface area contributed by atoms with Gasteiger partial charge in [0.25, 0.3) is 5.56 Å². The van der Waals surface area contributed by atoms with Crippen LogP contribution in [0.25, 0.3) is 16.6 Å². The summed E-state index contributed by atoms with van der Waals surface area (Å²) in [6, 6.07) is 8.80. The van der Waals surface area contributed by atoms with Crippen molar-refractivity contribution >= 4 is 22.5 Å². The van der Waals surface area contributed by atoms with Crippen molar-refractivity contribution in [3.63, 3.8) is 0 Å². The number of benzene rings is 2. The van der Waals surface area contributed by atoms with Gasteiger partial charge in [0.15, 0.2) is 0 Å². The molecule has 3 rings (SSSR count). The highest BCUT2D eigenvalue weighted by atomic mass is 35.5. The van der Waals surface area contributed by atoms with Crippen molar-refractivity contribution in [2.24, 2.45) is 5.73 Å². The Labute approximate surface area is 137 Å². The summed E-state index contributed by atoms with van der Waals surface area (Å²) in [6.07, 6.45) is 0. The molecule has 0 aliphatic carbocycles. The van der Waals surface area contributed by atoms with Gasteiger partial charge in [0.2, 0.25) is 0 Å². The van der Waals surface area contributed by atoms with E-state index in [1.165, 1.54) is 16.7 Å². The van der Waals surface area contributed by atoms with Gasteiger partial charge in [-0.2, -0.15) is 0 Å². The first-order valence-corrected chi connectivity index (χ1v) is 7.51. The number of aryl methyl sites for hydroxylation is 1. The number of hydrogen-bond acceptors (Lipinski definition) is 3. The molecule has 1 heterocycles. The van der Waals surface area contributed by atoms with Crippen molar-refractivity contribution < 1.29 is 4.39 Å². The van der Waals surface area contributed by atoms with Crippen molar-refractivity contribution in [1.29, 1.82) is 0 Å². The molecule has 0 aliphatic heterocycles. The second-order valence-electron chi connectivity index (χ2n) is 5.46. The summed E-state index contributed by atoms with van der Waals surface area (Å²) >= 11 is 6.17. The average Bonchev–Trinajstić information content (AvgIpc) is 2.49. The third-order valence-electron chi connectivity index (χ3n) is 3.69. The molecule has 2 aromatic carbocycles. The molecule has 0 spiro atoms. The van der Waals surface area contributed by atoms with E-state index in [-0.39, 0.29) is 5.56 Å². The predicted octanol–water partition coefficient (Wildman–Crippen LogP) is 3.51. The first-order chi connectivity index (χ1) is 10.9. The molecule has 3 aromatic rings. The van der Waals surface area contributed by atoms with Crippen molar-refractivity contribution in [3.8, 4) is 5.69 Å². The van der Waals surface area contributed by atoms with Crippen LogP contribution in [0.4, 0.5) is 4.39 Å². The van der Waals surface area contributed by atoms with E-state index in [4.69, 9.17) is 17.3 Å². The quantitative estimate of drug-likeness (QED) is 0.781. The van der Waals surface area contributed by atoms with Crippen LogP contribution in [-0.4, -0.2) is 9.55 Å². The van der Waals surface area contributed by atoms with E-state index in [9.17, 15) is 9.18 Å². The molecule has 0 aliphatic rings. The molecule has 2 N–H and O–H groups in total. The summed E-state index contributed by atoms with van der Waals surface area (Å²) in [6.45, 7) is 3.52. The topological polar surface area (TPSA) is 60.9 Å². The van der Waals surface area contributed by atoms with Gasteiger partial charge >= 0.3 is 0 Å². The SMILES string of the molecule is Cc1ccc(F)cc1-n1c([C@H](C)N)nc2cccc(Cl)c2c1=O. The van der Waals surface area contributed by atoms with E-state index < -0.39 is 11.9 Å². The van der Waals surface area contributed by atoms with Gasteiger partial charge in [-0.25, -0.2) is 9.37 Å². The molecule has 4 nitrogen and oxygen atoms in total. The largest absolute Gasteiger partial charge is 0.322 e. The Hall–Kier alpha value is -2.24. The number of aromatic nitrogens is 2. The van der Waals surface area contributed by atoms with Crippen LogP contribution in [0.3, 0.4) is 0 Å². The normalized spacial score (nSPS) is 12.6. The van der Waals surface area contributed by atoms with Gasteiger partial charge in [-0.15, -0.1) is 0 Å². The number of nitrogens with two attached hydrogens (primary N) is 1. The van der Waals surface area contributed by atoms with Crippen LogP contribution in [0.15, 0.2) is 41.2 Å². The minimum Gasteiger partial charge on any atom is -0.322 e. The molecule has 0 fully saturated rings. The molecule has 1 aromatic heterocycles. The van der Waals surface area contributed by atoms with Gasteiger partial charge in [-0.3, -0.25) is 9.36 Å². The van der Waals surface area contributed by atoms with Gasteiger partial charge < -0.3 is 5.73 Å². The van der Waals surface area contributed by atoms with E-state index in [0.29, 0.717) is 27.4 Å². The third kappa shape index (κ3) is 2.62. The summed E-state index contributed by atoms with van der Waals surface area (Å²) < 4.78 is 15.0. The second-order valence-corrected chi connectivity index (χ2v) is 5.87. The lowest BCUT2D eigenvalue weighted by Crippen LogP contribution is -2.28. The molecule has 0 bridgehead atoms. The molecule has 0 saturated heterocycles. The Balaban J connectivity index is 2.50. The Morgan fingerprint density at radius 3 is 2.74 bits per heavy atom. The standard InChI is InChI=1S/C17H15ClFN3O/c1-9-6-7-11(19)8-14(9)22-16(10(2)20)21-13-5-3-4-12(18)15(13)17(22)23/h3-8,10H,20H2,1-2H3/t10-/m0/s1. The highest BCUT2D eigenvalue weighted by molar-refractivity contribution is 6.35. The van der Waals surface area contributed by atoms with Crippen LogP contribution in [0.2, 0.25) is 5.02 Å². The van der Waals surface area contributed by atoms with Crippen molar-refractivity contribution in [2.75, 3.05) is 0 Å². The van der Waals surface area contributed by atoms with Gasteiger partial charge in [-0.05, 0) is 43.7 Å². The molecule has 1 atom stereocenters. The molecular formula is C17H15ClFN3O. The van der Waals surface area contributed by atoms with Crippen LogP contribution < -0.4 is 11.3 Å². The smallest absolute Gasteiger partial charge is 0.267 e. The first-order valence-electron chi connectivity index (χ1n) is 7.13. The maximum absolute atomic E-state index is 13.7. The minimum atomic E-state index is -0.506. The lowest BCUT2D eigenvalue weighted by molar-refractivity contribution is 0.623. The Kier molecular flexibility index (Phi) is 3.92. The molecular weight excluding hydrogens is 317 g/mol. The van der Waals surface area contributed by atoms with Crippen LogP contribution in [0, 0.1) is 12.7 Å². The van der Waals surface area contributed by atoms with Crippen LogP contribution >= 0.6 is 11.6 Å². The Morgan fingerprint density at radius 2 is 2.04 bits per heavy atom. The van der Waals surface area contributed by atoms with Crippen LogP contribution in [0.5, 0.6) is 0 Å². The molecule has 0 amide bonds. The summed E-state index contributed by atoms with van der Waals surface area (Å²) in [7, 11) is 0. The van der Waals surface area contributed by atoms with E-state index >= 15 is 0 Å². The lowest BCUT2D eigenvalue weighted by atomic mass is 10.1. The van der Waals surface area contributed by atoms with Crippen molar-refractivity contribution in [3.05, 3.63) is 69.0 Å². The van der Waals surface area contributed by atoms with Crippen LogP contribution in [-0.2, 0) is 0 Å². The number of rotatable bonds is 2. The van der Waals surface area contributed by atoms with E-state index in [0.717, 1.165) is 5.56 Å². The summed E-state index contributed by atoms with van der Waals surface area (Å²) in [4.78, 5) is 17.5. The van der Waals surface area contributed by atoms with Gasteiger partial charge in [0.05, 0.1) is 27.7 Å². The zero-order chi connectivity index (χ0) is 16.7. The number of nitrogens with zero attached hydrogens (tertiary/aromatic N) is 2. The van der Waals surface area contributed by atoms with E-state index in [1.54, 1.807) is 38.1 Å². The fraction of sp³-hybridized carbons (Fsp3) is 0.176. The third-order valence-corrected chi connectivity index (χ3v) is 4.01. The zero-order valence-corrected chi connectivity index (χ0v) is 13.4. The predicted molar refractivity (Wildman–Crippen MR) is 89.6 cm³/mol. The fourth-order valence-electron chi connectivity index (χ4n) is 2.57. The van der Waals surface area contributed by atoms with E-state index in [1.807, 2.05) is 0 Å². The first kappa shape index (κ1) is 15.6. The average molecular weight is 332 g/mol. The van der Waals surface area contributed by atoms with Gasteiger partial charge in [0, 0.05) is 0 Å². The van der Waals surface area contributed by atoms with Crippen molar-refractivity contribution in [1.82, 2.24) is 9.55 Å². The van der Waals surface area contributed by atoms with E-state index in [2.05, 4.69) is 4.98 Å². The summed E-state index contributed by atoms with van der Waals surface area (Å²) in [5.74, 6) is -0.0779. The summed E-state index contributed by atoms with van der Waals surface area (Å²) in [5, 5.41) is 0.598. The monoisotopic (exact) mass is 331 g/mol. The fourth-order valence-corrected chi connectivity index (χ4v) is 2.82. The Morgan fingerprint density at radius 1 is 1.30 bits per heavy atom. The molecule has 23 heavy (non-hydrogen) atoms. The number of fused-ring (bicyclic) bond motifs is 1. The van der Waals surface area contributed by atoms with Gasteiger partial charge in [0.1, 0.15) is 11.6 Å². The minimum absolute atomic E-state index is 0.294. The van der Waals surface area contributed by atoms with Crippen LogP contribution in [0.1, 0.15) is 24.4 Å². The molecule has 118 valence electrons. The Bertz CT molecular complexity index is 966. The second kappa shape index (κ2) is 5.76. The maximum Gasteiger partial charge on any atom is 0.267 e. The van der Waals surface area contributed by atoms with Crippen molar-refractivity contribution in [2.45, 2.75) is 19.9 Å². The maximum atomic E-state index is 13.7. The number of hydrogen-bond donors (Lipinski definition) is 1. The number of halogens is 2.